The third-order valence-corrected chi connectivity index (χ3v) is 3.49. The first-order chi connectivity index (χ1) is 8.75. The third kappa shape index (κ3) is 3.56. The number of aryl methyl sites for hydroxylation is 1. The maximum Gasteiger partial charge on any atom is 0.244 e. The summed E-state index contributed by atoms with van der Waals surface area (Å²) < 4.78 is 0. The Morgan fingerprint density at radius 3 is 3.17 bits per heavy atom. The van der Waals surface area contributed by atoms with E-state index >= 15 is 0 Å². The van der Waals surface area contributed by atoms with Crippen LogP contribution in [0.15, 0.2) is 29.9 Å². The number of rotatable bonds is 5. The highest BCUT2D eigenvalue weighted by Crippen LogP contribution is 2.16. The van der Waals surface area contributed by atoms with Gasteiger partial charge in [-0.25, -0.2) is 4.98 Å². The molecule has 18 heavy (non-hydrogen) atoms. The average molecular weight is 261 g/mol. The van der Waals surface area contributed by atoms with Gasteiger partial charge in [-0.15, -0.1) is 11.3 Å². The topological polar surface area (TPSA) is 57.8 Å². The van der Waals surface area contributed by atoms with Gasteiger partial charge < -0.3 is 10.3 Å². The van der Waals surface area contributed by atoms with Gasteiger partial charge in [0, 0.05) is 36.3 Å². The molecule has 94 valence electrons. The first-order valence-electron chi connectivity index (χ1n) is 5.74. The molecule has 5 heteroatoms. The SMILES string of the molecule is Cc1ccsc1/C=C/C(=O)NCCc1ncc[nH]1. The van der Waals surface area contributed by atoms with Crippen molar-refractivity contribution in [3.05, 3.63) is 46.2 Å². The number of hydrogen-bond acceptors (Lipinski definition) is 3. The molecule has 0 saturated heterocycles. The highest BCUT2D eigenvalue weighted by molar-refractivity contribution is 7.11. The maximum atomic E-state index is 11.6. The summed E-state index contributed by atoms with van der Waals surface area (Å²) in [5, 5.41) is 4.84. The molecule has 0 aliphatic rings. The van der Waals surface area contributed by atoms with Gasteiger partial charge in [-0.05, 0) is 30.0 Å². The number of nitrogens with one attached hydrogen (secondary N) is 2. The molecule has 0 bridgehead atoms. The van der Waals surface area contributed by atoms with Crippen LogP contribution in [0.3, 0.4) is 0 Å². The fraction of sp³-hybridized carbons (Fsp3) is 0.231. The number of nitrogens with zero attached hydrogens (tertiary/aromatic N) is 1. The van der Waals surface area contributed by atoms with E-state index in [1.54, 1.807) is 29.8 Å². The Morgan fingerprint density at radius 1 is 1.61 bits per heavy atom. The van der Waals surface area contributed by atoms with E-state index < -0.39 is 0 Å². The molecule has 4 nitrogen and oxygen atoms in total. The Morgan fingerprint density at radius 2 is 2.50 bits per heavy atom. The number of carbonyl (C=O) groups excluding carboxylic acids is 1. The summed E-state index contributed by atoms with van der Waals surface area (Å²) in [4.78, 5) is 19.8. The first kappa shape index (κ1) is 12.6. The maximum absolute atomic E-state index is 11.6. The lowest BCUT2D eigenvalue weighted by Crippen LogP contribution is -2.23. The van der Waals surface area contributed by atoms with Crippen LogP contribution in [0.1, 0.15) is 16.3 Å². The minimum Gasteiger partial charge on any atom is -0.352 e. The second-order valence-corrected chi connectivity index (χ2v) is 4.83. The van der Waals surface area contributed by atoms with Crippen molar-refractivity contribution in [2.24, 2.45) is 0 Å². The molecule has 0 aliphatic carbocycles. The van der Waals surface area contributed by atoms with Crippen molar-refractivity contribution < 1.29 is 4.79 Å². The van der Waals surface area contributed by atoms with E-state index in [0.717, 1.165) is 10.7 Å². The number of hydrogen-bond donors (Lipinski definition) is 2. The van der Waals surface area contributed by atoms with Crippen LogP contribution in [-0.2, 0) is 11.2 Å². The van der Waals surface area contributed by atoms with E-state index in [-0.39, 0.29) is 5.91 Å². The number of imidazole rings is 1. The van der Waals surface area contributed by atoms with Gasteiger partial charge in [-0.3, -0.25) is 4.79 Å². The predicted octanol–water partition coefficient (Wildman–Crippen LogP) is 2.15. The fourth-order valence-electron chi connectivity index (χ4n) is 1.50. The molecular weight excluding hydrogens is 246 g/mol. The van der Waals surface area contributed by atoms with Gasteiger partial charge in [0.15, 0.2) is 0 Å². The Balaban J connectivity index is 1.75. The summed E-state index contributed by atoms with van der Waals surface area (Å²) in [6.07, 6.45) is 7.61. The second-order valence-electron chi connectivity index (χ2n) is 3.88. The molecule has 0 aromatic carbocycles. The zero-order chi connectivity index (χ0) is 12.8. The van der Waals surface area contributed by atoms with Gasteiger partial charge in [0.2, 0.25) is 5.91 Å². The van der Waals surface area contributed by atoms with Crippen LogP contribution in [-0.4, -0.2) is 22.4 Å². The van der Waals surface area contributed by atoms with Crippen LogP contribution in [0.25, 0.3) is 6.08 Å². The van der Waals surface area contributed by atoms with Crippen LogP contribution in [0.2, 0.25) is 0 Å². The molecule has 0 unspecified atom stereocenters. The fourth-order valence-corrected chi connectivity index (χ4v) is 2.32. The monoisotopic (exact) mass is 261 g/mol. The molecule has 0 spiro atoms. The van der Waals surface area contributed by atoms with Gasteiger partial charge >= 0.3 is 0 Å². The molecule has 0 aliphatic heterocycles. The lowest BCUT2D eigenvalue weighted by molar-refractivity contribution is -0.116. The molecule has 2 aromatic rings. The quantitative estimate of drug-likeness (QED) is 0.810. The molecule has 0 atom stereocenters. The summed E-state index contributed by atoms with van der Waals surface area (Å²) in [7, 11) is 0. The van der Waals surface area contributed by atoms with Gasteiger partial charge in [0.1, 0.15) is 5.82 Å². The molecule has 1 amide bonds. The third-order valence-electron chi connectivity index (χ3n) is 2.50. The summed E-state index contributed by atoms with van der Waals surface area (Å²) in [6, 6.07) is 2.04. The van der Waals surface area contributed by atoms with Crippen LogP contribution >= 0.6 is 11.3 Å². The summed E-state index contributed by atoms with van der Waals surface area (Å²) in [5.74, 6) is 0.808. The van der Waals surface area contributed by atoms with Crippen molar-refractivity contribution in [1.82, 2.24) is 15.3 Å². The molecule has 0 saturated carbocycles. The van der Waals surface area contributed by atoms with E-state index in [1.807, 2.05) is 24.4 Å². The standard InChI is InChI=1S/C13H15N3OS/c1-10-5-9-18-11(10)2-3-13(17)16-6-4-12-14-7-8-15-12/h2-3,5,7-9H,4,6H2,1H3,(H,14,15)(H,16,17)/b3-2+. The van der Waals surface area contributed by atoms with Crippen molar-refractivity contribution in [3.8, 4) is 0 Å². The Hall–Kier alpha value is -1.88. The molecule has 2 heterocycles. The molecule has 2 rings (SSSR count). The number of amides is 1. The minimum absolute atomic E-state index is 0.0747. The lowest BCUT2D eigenvalue weighted by atomic mass is 10.3. The molecule has 0 fully saturated rings. The number of thiophene rings is 1. The van der Waals surface area contributed by atoms with Crippen LogP contribution in [0, 0.1) is 6.92 Å². The summed E-state index contributed by atoms with van der Waals surface area (Å²) in [5.41, 5.74) is 1.19. The van der Waals surface area contributed by atoms with Crippen LogP contribution in [0.4, 0.5) is 0 Å². The largest absolute Gasteiger partial charge is 0.352 e. The van der Waals surface area contributed by atoms with E-state index in [1.165, 1.54) is 5.56 Å². The van der Waals surface area contributed by atoms with Crippen molar-refractivity contribution >= 4 is 23.3 Å². The van der Waals surface area contributed by atoms with Crippen molar-refractivity contribution in [1.29, 1.82) is 0 Å². The Kier molecular flexibility index (Phi) is 4.30. The highest BCUT2D eigenvalue weighted by Gasteiger charge is 1.99. The van der Waals surface area contributed by atoms with Crippen molar-refractivity contribution in [2.45, 2.75) is 13.3 Å². The van der Waals surface area contributed by atoms with Crippen molar-refractivity contribution in [2.75, 3.05) is 6.54 Å². The van der Waals surface area contributed by atoms with Gasteiger partial charge in [-0.1, -0.05) is 0 Å². The number of carbonyl (C=O) groups is 1. The minimum atomic E-state index is -0.0747. The molecule has 0 radical (unpaired) electrons. The number of aromatic amines is 1. The van der Waals surface area contributed by atoms with E-state index in [2.05, 4.69) is 15.3 Å². The normalized spacial score (nSPS) is 10.9. The van der Waals surface area contributed by atoms with E-state index in [9.17, 15) is 4.79 Å². The first-order valence-corrected chi connectivity index (χ1v) is 6.62. The zero-order valence-corrected chi connectivity index (χ0v) is 11.0. The second kappa shape index (κ2) is 6.16. The van der Waals surface area contributed by atoms with Crippen molar-refractivity contribution in [3.63, 3.8) is 0 Å². The summed E-state index contributed by atoms with van der Waals surface area (Å²) in [6.45, 7) is 2.62. The average Bonchev–Trinajstić information content (AvgIpc) is 2.98. The Bertz CT molecular complexity index is 528. The lowest BCUT2D eigenvalue weighted by Gasteiger charge is -1.99. The zero-order valence-electron chi connectivity index (χ0n) is 10.1. The smallest absolute Gasteiger partial charge is 0.244 e. The Labute approximate surface area is 110 Å². The van der Waals surface area contributed by atoms with Gasteiger partial charge in [0.05, 0.1) is 0 Å². The number of aromatic nitrogens is 2. The van der Waals surface area contributed by atoms with Gasteiger partial charge in [0.25, 0.3) is 0 Å². The highest BCUT2D eigenvalue weighted by atomic mass is 32.1. The van der Waals surface area contributed by atoms with E-state index in [0.29, 0.717) is 13.0 Å². The predicted molar refractivity (Wildman–Crippen MR) is 73.4 cm³/mol. The van der Waals surface area contributed by atoms with Gasteiger partial charge in [-0.2, -0.15) is 0 Å². The van der Waals surface area contributed by atoms with Crippen LogP contribution in [0.5, 0.6) is 0 Å². The molecule has 2 aromatic heterocycles. The van der Waals surface area contributed by atoms with Crippen LogP contribution < -0.4 is 5.32 Å². The molecular formula is C13H15N3OS. The summed E-state index contributed by atoms with van der Waals surface area (Å²) >= 11 is 1.63. The number of H-pyrrole nitrogens is 1. The molecule has 2 N–H and O–H groups in total. The van der Waals surface area contributed by atoms with E-state index in [4.69, 9.17) is 0 Å².